The minimum atomic E-state index is -0.891. The molecule has 1 atom stereocenters. The van der Waals surface area contributed by atoms with E-state index in [-0.39, 0.29) is 29.8 Å². The molecule has 0 aliphatic heterocycles. The maximum Gasteiger partial charge on any atom is 0.329 e. The quantitative estimate of drug-likeness (QED) is 0.465. The zero-order valence-electron chi connectivity index (χ0n) is 18.6. The lowest BCUT2D eigenvalue weighted by molar-refractivity contribution is -0.149. The lowest BCUT2D eigenvalue weighted by atomic mass is 10.0. The Morgan fingerprint density at radius 1 is 1.12 bits per heavy atom. The third-order valence-electron chi connectivity index (χ3n) is 4.78. The van der Waals surface area contributed by atoms with Crippen molar-refractivity contribution in [2.45, 2.75) is 26.5 Å². The molecule has 3 aromatic rings. The van der Waals surface area contributed by atoms with Crippen LogP contribution in [0, 0.1) is 5.92 Å². The van der Waals surface area contributed by atoms with Crippen LogP contribution in [0.15, 0.2) is 47.0 Å². The number of carbonyl (C=O) groups excluding carboxylic acids is 2. The standard InChI is InChI=1S/C23H24ClN3O6/c1-13(2)20(26-22(28)15-7-5-6-8-17(15)24)23(29)32-12-19-25-21(27-33-19)16-10-9-14(30-3)11-18(16)31-4/h5-11,13,20H,12H2,1-4H3,(H,26,28)/t20-/m0/s1. The second kappa shape index (κ2) is 10.8. The van der Waals surface area contributed by atoms with Gasteiger partial charge >= 0.3 is 5.97 Å². The number of nitrogens with one attached hydrogen (secondary N) is 1. The van der Waals surface area contributed by atoms with Crippen molar-refractivity contribution in [1.82, 2.24) is 15.5 Å². The van der Waals surface area contributed by atoms with Crippen molar-refractivity contribution in [3.63, 3.8) is 0 Å². The molecule has 0 radical (unpaired) electrons. The van der Waals surface area contributed by atoms with Gasteiger partial charge in [-0.15, -0.1) is 0 Å². The number of amides is 1. The van der Waals surface area contributed by atoms with Crippen LogP contribution in [0.3, 0.4) is 0 Å². The van der Waals surface area contributed by atoms with Gasteiger partial charge in [-0.3, -0.25) is 4.79 Å². The SMILES string of the molecule is COc1ccc(-c2noc(COC(=O)[C@@H](NC(=O)c3ccccc3Cl)C(C)C)n2)c(OC)c1. The van der Waals surface area contributed by atoms with E-state index in [4.69, 9.17) is 30.3 Å². The third-order valence-corrected chi connectivity index (χ3v) is 5.11. The Kier molecular flexibility index (Phi) is 7.89. The van der Waals surface area contributed by atoms with Gasteiger partial charge in [-0.1, -0.05) is 42.7 Å². The lowest BCUT2D eigenvalue weighted by Gasteiger charge is -2.20. The number of carbonyl (C=O) groups is 2. The van der Waals surface area contributed by atoms with E-state index in [1.54, 1.807) is 63.4 Å². The van der Waals surface area contributed by atoms with Crippen LogP contribution >= 0.6 is 11.6 Å². The molecule has 10 heteroatoms. The summed E-state index contributed by atoms with van der Waals surface area (Å²) in [7, 11) is 3.07. The number of esters is 1. The van der Waals surface area contributed by atoms with Crippen LogP contribution in [0.5, 0.6) is 11.5 Å². The van der Waals surface area contributed by atoms with E-state index in [1.807, 2.05) is 0 Å². The summed E-state index contributed by atoms with van der Waals surface area (Å²) in [5.74, 6) is 0.151. The molecule has 0 fully saturated rings. The third kappa shape index (κ3) is 5.81. The van der Waals surface area contributed by atoms with Gasteiger partial charge in [-0.2, -0.15) is 4.98 Å². The van der Waals surface area contributed by atoms with E-state index in [2.05, 4.69) is 15.5 Å². The number of halogens is 1. The molecule has 0 aliphatic carbocycles. The minimum Gasteiger partial charge on any atom is -0.497 e. The molecule has 1 amide bonds. The van der Waals surface area contributed by atoms with Crippen molar-refractivity contribution in [2.75, 3.05) is 14.2 Å². The Hall–Kier alpha value is -3.59. The zero-order chi connectivity index (χ0) is 24.0. The number of rotatable bonds is 9. The van der Waals surface area contributed by atoms with Crippen molar-refractivity contribution in [3.05, 3.63) is 58.9 Å². The molecule has 2 aromatic carbocycles. The highest BCUT2D eigenvalue weighted by atomic mass is 35.5. The van der Waals surface area contributed by atoms with Gasteiger partial charge in [0, 0.05) is 6.07 Å². The summed E-state index contributed by atoms with van der Waals surface area (Å²) in [5.41, 5.74) is 0.860. The van der Waals surface area contributed by atoms with Gasteiger partial charge in [0.15, 0.2) is 6.61 Å². The Morgan fingerprint density at radius 2 is 1.88 bits per heavy atom. The molecule has 33 heavy (non-hydrogen) atoms. The summed E-state index contributed by atoms with van der Waals surface area (Å²) in [6, 6.07) is 10.9. The molecule has 9 nitrogen and oxygen atoms in total. The summed E-state index contributed by atoms with van der Waals surface area (Å²) in [6.07, 6.45) is 0. The Balaban J connectivity index is 1.66. The van der Waals surface area contributed by atoms with Gasteiger partial charge in [0.25, 0.3) is 11.8 Å². The number of methoxy groups -OCH3 is 2. The van der Waals surface area contributed by atoms with Gasteiger partial charge in [-0.25, -0.2) is 4.79 Å². The first-order chi connectivity index (χ1) is 15.8. The fourth-order valence-corrected chi connectivity index (χ4v) is 3.21. The van der Waals surface area contributed by atoms with Crippen LogP contribution in [0.4, 0.5) is 0 Å². The van der Waals surface area contributed by atoms with Gasteiger partial charge in [-0.05, 0) is 30.2 Å². The van der Waals surface area contributed by atoms with Gasteiger partial charge in [0.05, 0.1) is 30.4 Å². The largest absolute Gasteiger partial charge is 0.497 e. The zero-order valence-corrected chi connectivity index (χ0v) is 19.4. The van der Waals surface area contributed by atoms with E-state index < -0.39 is 17.9 Å². The monoisotopic (exact) mass is 473 g/mol. The average molecular weight is 474 g/mol. The first-order valence-corrected chi connectivity index (χ1v) is 10.5. The van der Waals surface area contributed by atoms with Crippen LogP contribution in [-0.4, -0.2) is 42.3 Å². The van der Waals surface area contributed by atoms with Crippen molar-refractivity contribution in [3.8, 4) is 22.9 Å². The summed E-state index contributed by atoms with van der Waals surface area (Å²) >= 11 is 6.07. The average Bonchev–Trinajstić information content (AvgIpc) is 3.29. The predicted octanol–water partition coefficient (Wildman–Crippen LogP) is 3.91. The lowest BCUT2D eigenvalue weighted by Crippen LogP contribution is -2.45. The molecule has 0 saturated carbocycles. The number of hydrogen-bond acceptors (Lipinski definition) is 8. The van der Waals surface area contributed by atoms with Gasteiger partial charge in [0.2, 0.25) is 5.82 Å². The fourth-order valence-electron chi connectivity index (χ4n) is 2.99. The molecular formula is C23H24ClN3O6. The van der Waals surface area contributed by atoms with E-state index in [0.717, 1.165) is 0 Å². The molecule has 0 spiro atoms. The highest BCUT2D eigenvalue weighted by Gasteiger charge is 2.27. The molecule has 1 N–H and O–H groups in total. The number of ether oxygens (including phenoxy) is 3. The van der Waals surface area contributed by atoms with Crippen LogP contribution in [-0.2, 0) is 16.1 Å². The first kappa shape index (κ1) is 24.1. The molecule has 0 bridgehead atoms. The number of nitrogens with zero attached hydrogens (tertiary/aromatic N) is 2. The second-order valence-electron chi connectivity index (χ2n) is 7.36. The summed E-state index contributed by atoms with van der Waals surface area (Å²) in [4.78, 5) is 29.5. The van der Waals surface area contributed by atoms with Crippen LogP contribution in [0.1, 0.15) is 30.1 Å². The Morgan fingerprint density at radius 3 is 2.55 bits per heavy atom. The van der Waals surface area contributed by atoms with E-state index in [1.165, 1.54) is 7.11 Å². The number of aromatic nitrogens is 2. The predicted molar refractivity (Wildman–Crippen MR) is 120 cm³/mol. The summed E-state index contributed by atoms with van der Waals surface area (Å²) in [6.45, 7) is 3.33. The van der Waals surface area contributed by atoms with E-state index in [0.29, 0.717) is 22.1 Å². The maximum atomic E-state index is 12.7. The molecule has 0 saturated heterocycles. The highest BCUT2D eigenvalue weighted by Crippen LogP contribution is 2.31. The molecule has 3 rings (SSSR count). The Labute approximate surface area is 196 Å². The molecule has 174 valence electrons. The molecule has 1 aromatic heterocycles. The van der Waals surface area contributed by atoms with Gasteiger partial charge in [0.1, 0.15) is 17.5 Å². The summed E-state index contributed by atoms with van der Waals surface area (Å²) in [5, 5.41) is 6.89. The van der Waals surface area contributed by atoms with Crippen LogP contribution in [0.25, 0.3) is 11.4 Å². The van der Waals surface area contributed by atoms with Crippen LogP contribution in [0.2, 0.25) is 5.02 Å². The van der Waals surface area contributed by atoms with E-state index >= 15 is 0 Å². The minimum absolute atomic E-state index is 0.0937. The van der Waals surface area contributed by atoms with Crippen molar-refractivity contribution < 1.29 is 28.3 Å². The fraction of sp³-hybridized carbons (Fsp3) is 0.304. The topological polar surface area (TPSA) is 113 Å². The highest BCUT2D eigenvalue weighted by molar-refractivity contribution is 6.33. The smallest absolute Gasteiger partial charge is 0.329 e. The molecular weight excluding hydrogens is 450 g/mol. The second-order valence-corrected chi connectivity index (χ2v) is 7.77. The molecule has 0 aliphatic rings. The number of hydrogen-bond donors (Lipinski definition) is 1. The summed E-state index contributed by atoms with van der Waals surface area (Å²) < 4.78 is 21.1. The Bertz CT molecular complexity index is 1130. The molecule has 0 unspecified atom stereocenters. The van der Waals surface area contributed by atoms with Gasteiger partial charge < -0.3 is 24.1 Å². The van der Waals surface area contributed by atoms with E-state index in [9.17, 15) is 9.59 Å². The maximum absolute atomic E-state index is 12.7. The molecule has 1 heterocycles. The van der Waals surface area contributed by atoms with Crippen molar-refractivity contribution in [1.29, 1.82) is 0 Å². The van der Waals surface area contributed by atoms with Crippen LogP contribution < -0.4 is 14.8 Å². The van der Waals surface area contributed by atoms with Crippen molar-refractivity contribution in [2.24, 2.45) is 5.92 Å². The van der Waals surface area contributed by atoms with Crippen molar-refractivity contribution >= 4 is 23.5 Å². The number of benzene rings is 2. The normalized spacial score (nSPS) is 11.7. The first-order valence-electron chi connectivity index (χ1n) is 10.1.